The average Bonchev–Trinajstić information content (AvgIpc) is 2.73. The Morgan fingerprint density at radius 2 is 1.68 bits per heavy atom. The standard InChI is InChI=1S/C19H32N2O13/c1-6(22)11(20-7(2)23)16-12(21-8(3)24)9(25)4-19(34-16,18(30)31)32-5-10-13(26)14(27)15(28)17(29)33-10/h6,9-17,22,25-29H,4-5H2,1-3H3,(H,20,23)(H,21,24)(H,30,31)/t6-,9?,10?,11-,12-,13+,14?,15?,16?,17+,19-/m0/s1. The first-order valence-electron chi connectivity index (χ1n) is 10.5. The minimum atomic E-state index is -2.61. The number of ether oxygens (including phenoxy) is 3. The Labute approximate surface area is 194 Å². The van der Waals surface area contributed by atoms with E-state index in [-0.39, 0.29) is 0 Å². The first-order valence-corrected chi connectivity index (χ1v) is 10.5. The lowest BCUT2D eigenvalue weighted by Gasteiger charge is -2.48. The summed E-state index contributed by atoms with van der Waals surface area (Å²) in [6, 6.07) is -2.54. The van der Waals surface area contributed by atoms with Gasteiger partial charge in [-0.05, 0) is 6.92 Å². The molecule has 15 heteroatoms. The quantitative estimate of drug-likeness (QED) is 0.153. The molecule has 2 rings (SSSR count). The van der Waals surface area contributed by atoms with Crippen LogP contribution in [0.3, 0.4) is 0 Å². The van der Waals surface area contributed by atoms with Crippen LogP contribution in [0.25, 0.3) is 0 Å². The molecule has 0 aromatic rings. The van der Waals surface area contributed by atoms with Gasteiger partial charge in [-0.1, -0.05) is 0 Å². The summed E-state index contributed by atoms with van der Waals surface area (Å²) in [7, 11) is 0. The molecule has 34 heavy (non-hydrogen) atoms. The van der Waals surface area contributed by atoms with Gasteiger partial charge in [-0.2, -0.15) is 0 Å². The Kier molecular flexibility index (Phi) is 9.31. The van der Waals surface area contributed by atoms with Crippen molar-refractivity contribution in [2.75, 3.05) is 6.61 Å². The van der Waals surface area contributed by atoms with Crippen molar-refractivity contribution >= 4 is 17.8 Å². The number of carboxylic acids is 1. The second kappa shape index (κ2) is 11.2. The smallest absolute Gasteiger partial charge is 0.364 e. The van der Waals surface area contributed by atoms with Crippen LogP contribution in [-0.2, 0) is 28.6 Å². The summed E-state index contributed by atoms with van der Waals surface area (Å²) >= 11 is 0. The van der Waals surface area contributed by atoms with Crippen molar-refractivity contribution in [2.45, 2.75) is 94.1 Å². The molecule has 15 nitrogen and oxygen atoms in total. The lowest BCUT2D eigenvalue weighted by atomic mass is 9.87. The molecule has 2 fully saturated rings. The number of hydrogen-bond acceptors (Lipinski definition) is 12. The third kappa shape index (κ3) is 6.18. The fourth-order valence-corrected chi connectivity index (χ4v) is 3.96. The van der Waals surface area contributed by atoms with Crippen LogP contribution in [0, 0.1) is 0 Å². The van der Waals surface area contributed by atoms with Crippen LogP contribution in [0.15, 0.2) is 0 Å². The van der Waals surface area contributed by atoms with Gasteiger partial charge in [0.15, 0.2) is 6.29 Å². The number of hydrogen-bond donors (Lipinski definition) is 9. The highest BCUT2D eigenvalue weighted by molar-refractivity contribution is 5.77. The number of aliphatic carboxylic acids is 1. The van der Waals surface area contributed by atoms with Gasteiger partial charge in [-0.15, -0.1) is 0 Å². The van der Waals surface area contributed by atoms with Crippen molar-refractivity contribution in [1.82, 2.24) is 10.6 Å². The molecule has 0 aromatic carbocycles. The van der Waals surface area contributed by atoms with Crippen molar-refractivity contribution in [1.29, 1.82) is 0 Å². The van der Waals surface area contributed by atoms with E-state index in [9.17, 15) is 50.1 Å². The maximum absolute atomic E-state index is 12.2. The van der Waals surface area contributed by atoms with E-state index < -0.39 is 97.7 Å². The molecular weight excluding hydrogens is 464 g/mol. The Morgan fingerprint density at radius 3 is 2.18 bits per heavy atom. The van der Waals surface area contributed by atoms with Crippen LogP contribution in [-0.4, -0.2) is 127 Å². The van der Waals surface area contributed by atoms with Crippen LogP contribution in [0.5, 0.6) is 0 Å². The predicted octanol–water partition coefficient (Wildman–Crippen LogP) is -4.88. The number of carbonyl (C=O) groups excluding carboxylic acids is 2. The summed E-state index contributed by atoms with van der Waals surface area (Å²) in [5.74, 6) is -5.55. The van der Waals surface area contributed by atoms with Gasteiger partial charge in [-0.25, -0.2) is 4.79 Å². The van der Waals surface area contributed by atoms with Crippen molar-refractivity contribution in [3.8, 4) is 0 Å². The lowest BCUT2D eigenvalue weighted by Crippen LogP contribution is -2.70. The van der Waals surface area contributed by atoms with E-state index in [1.54, 1.807) is 0 Å². The van der Waals surface area contributed by atoms with Gasteiger partial charge in [0.05, 0.1) is 30.9 Å². The second-order valence-electron chi connectivity index (χ2n) is 8.45. The summed E-state index contributed by atoms with van der Waals surface area (Å²) in [6.07, 6.45) is -14.0. The molecule has 9 N–H and O–H groups in total. The van der Waals surface area contributed by atoms with Crippen molar-refractivity contribution in [2.24, 2.45) is 0 Å². The molecule has 2 aliphatic rings. The predicted molar refractivity (Wildman–Crippen MR) is 108 cm³/mol. The zero-order valence-electron chi connectivity index (χ0n) is 18.8. The molecular formula is C19H32N2O13. The summed E-state index contributed by atoms with van der Waals surface area (Å²) < 4.78 is 16.0. The lowest BCUT2D eigenvalue weighted by molar-refractivity contribution is -0.329. The van der Waals surface area contributed by atoms with Crippen LogP contribution in [0.1, 0.15) is 27.2 Å². The van der Waals surface area contributed by atoms with E-state index in [0.717, 1.165) is 13.8 Å². The Morgan fingerprint density at radius 1 is 1.06 bits per heavy atom. The zero-order valence-corrected chi connectivity index (χ0v) is 18.8. The van der Waals surface area contributed by atoms with Crippen molar-refractivity contribution in [3.05, 3.63) is 0 Å². The number of carboxylic acid groups (broad SMARTS) is 1. The highest BCUT2D eigenvalue weighted by Crippen LogP contribution is 2.34. The Bertz CT molecular complexity index is 734. The molecule has 2 aliphatic heterocycles. The Balaban J connectivity index is 2.35. The molecule has 0 aliphatic carbocycles. The highest BCUT2D eigenvalue weighted by atomic mass is 16.7. The fraction of sp³-hybridized carbons (Fsp3) is 0.842. The molecule has 0 bridgehead atoms. The van der Waals surface area contributed by atoms with Gasteiger partial charge in [0.25, 0.3) is 5.79 Å². The summed E-state index contributed by atoms with van der Waals surface area (Å²) in [6.45, 7) is 2.77. The van der Waals surface area contributed by atoms with Crippen molar-refractivity contribution < 1.29 is 64.3 Å². The van der Waals surface area contributed by atoms with Crippen molar-refractivity contribution in [3.63, 3.8) is 0 Å². The van der Waals surface area contributed by atoms with Gasteiger partial charge < -0.3 is 60.6 Å². The van der Waals surface area contributed by atoms with E-state index in [1.165, 1.54) is 6.92 Å². The highest BCUT2D eigenvalue weighted by Gasteiger charge is 2.56. The van der Waals surface area contributed by atoms with Gasteiger partial charge in [0.1, 0.15) is 30.5 Å². The fourth-order valence-electron chi connectivity index (χ4n) is 3.96. The second-order valence-corrected chi connectivity index (χ2v) is 8.45. The van der Waals surface area contributed by atoms with Gasteiger partial charge in [-0.3, -0.25) is 9.59 Å². The molecule has 2 amide bonds. The first-order chi connectivity index (χ1) is 15.7. The monoisotopic (exact) mass is 496 g/mol. The number of rotatable bonds is 8. The maximum atomic E-state index is 12.2. The number of nitrogens with one attached hydrogen (secondary N) is 2. The normalized spacial score (nSPS) is 40.1. The third-order valence-electron chi connectivity index (χ3n) is 5.68. The molecule has 5 unspecified atom stereocenters. The number of carbonyl (C=O) groups is 3. The Hall–Kier alpha value is -1.95. The topological polar surface area (TPSA) is 245 Å². The summed E-state index contributed by atoms with van der Waals surface area (Å²) in [5.41, 5.74) is 0. The number of aliphatic hydroxyl groups is 6. The molecule has 196 valence electrons. The minimum Gasteiger partial charge on any atom is -0.477 e. The minimum absolute atomic E-state index is 0.603. The van der Waals surface area contributed by atoms with Gasteiger partial charge >= 0.3 is 5.97 Å². The molecule has 2 heterocycles. The number of amides is 2. The van der Waals surface area contributed by atoms with Gasteiger partial charge in [0, 0.05) is 20.3 Å². The van der Waals surface area contributed by atoms with Gasteiger partial charge in [0.2, 0.25) is 11.8 Å². The maximum Gasteiger partial charge on any atom is 0.364 e. The summed E-state index contributed by atoms with van der Waals surface area (Å²) in [4.78, 5) is 35.6. The average molecular weight is 496 g/mol. The van der Waals surface area contributed by atoms with Crippen LogP contribution in [0.2, 0.25) is 0 Å². The van der Waals surface area contributed by atoms with E-state index in [2.05, 4.69) is 10.6 Å². The molecule has 0 spiro atoms. The van der Waals surface area contributed by atoms with E-state index in [4.69, 9.17) is 14.2 Å². The third-order valence-corrected chi connectivity index (χ3v) is 5.68. The van der Waals surface area contributed by atoms with Crippen LogP contribution < -0.4 is 10.6 Å². The van der Waals surface area contributed by atoms with E-state index >= 15 is 0 Å². The molecule has 0 radical (unpaired) electrons. The molecule has 0 saturated carbocycles. The summed E-state index contributed by atoms with van der Waals surface area (Å²) in [5, 5.41) is 74.8. The van der Waals surface area contributed by atoms with E-state index in [0.29, 0.717) is 0 Å². The zero-order chi connectivity index (χ0) is 26.0. The number of aliphatic hydroxyl groups excluding tert-OH is 6. The van der Waals surface area contributed by atoms with E-state index in [1.807, 2.05) is 0 Å². The van der Waals surface area contributed by atoms with Crippen LogP contribution in [0.4, 0.5) is 0 Å². The SMILES string of the molecule is CC(=O)N[C@H]1C(O)C[C@@](OCC2O[C@@H](O)C(O)C(O)[C@@H]2O)(C(=O)O)OC1[C@@H](NC(C)=O)[C@H](C)O. The first kappa shape index (κ1) is 28.3. The molecule has 0 aromatic heterocycles. The molecule has 11 atom stereocenters. The van der Waals surface area contributed by atoms with Crippen LogP contribution >= 0.6 is 0 Å². The largest absolute Gasteiger partial charge is 0.477 e. The molecule has 2 saturated heterocycles.